The average molecular weight is 519 g/mol. The van der Waals surface area contributed by atoms with E-state index in [1.807, 2.05) is 48.7 Å². The molecular weight excluding hydrogens is 495 g/mol. The Hall–Kier alpha value is -3.87. The lowest BCUT2D eigenvalue weighted by Crippen LogP contribution is -2.31. The van der Waals surface area contributed by atoms with Crippen molar-refractivity contribution >= 4 is 46.3 Å². The summed E-state index contributed by atoms with van der Waals surface area (Å²) in [5, 5.41) is 21.4. The average Bonchev–Trinajstić information content (AvgIpc) is 3.39. The number of nitrogens with one attached hydrogen (secondary N) is 3. The SMILES string of the molecule is CC1=C(C(=O)Nc2ccccc2C)C(c2cccs2)C(C#N)=C(SCC(=O)Nc2ccc(F)cc2)N1. The van der Waals surface area contributed by atoms with Gasteiger partial charge in [-0.15, -0.1) is 11.3 Å². The molecule has 1 aliphatic heterocycles. The third-order valence-electron chi connectivity index (χ3n) is 5.59. The molecule has 0 saturated carbocycles. The van der Waals surface area contributed by atoms with Gasteiger partial charge in [-0.3, -0.25) is 9.59 Å². The molecule has 3 aromatic rings. The van der Waals surface area contributed by atoms with Gasteiger partial charge in [0.1, 0.15) is 5.82 Å². The van der Waals surface area contributed by atoms with E-state index in [1.165, 1.54) is 47.4 Å². The number of hydrogen-bond donors (Lipinski definition) is 3. The number of nitriles is 1. The Labute approximate surface area is 216 Å². The number of amides is 2. The fourth-order valence-electron chi connectivity index (χ4n) is 3.84. The van der Waals surface area contributed by atoms with Crippen LogP contribution in [0.15, 0.2) is 87.9 Å². The maximum absolute atomic E-state index is 13.5. The molecule has 0 fully saturated rings. The van der Waals surface area contributed by atoms with Crippen molar-refractivity contribution in [3.8, 4) is 6.07 Å². The van der Waals surface area contributed by atoms with Crippen LogP contribution in [0, 0.1) is 24.1 Å². The fraction of sp³-hybridized carbons (Fsp3) is 0.148. The van der Waals surface area contributed by atoms with Gasteiger partial charge < -0.3 is 16.0 Å². The molecule has 4 rings (SSSR count). The summed E-state index contributed by atoms with van der Waals surface area (Å²) in [6, 6.07) is 19.1. The van der Waals surface area contributed by atoms with Crippen LogP contribution in [0.3, 0.4) is 0 Å². The Morgan fingerprint density at radius 3 is 2.50 bits per heavy atom. The highest BCUT2D eigenvalue weighted by Gasteiger charge is 2.35. The first-order chi connectivity index (χ1) is 17.4. The topological polar surface area (TPSA) is 94.0 Å². The number of thioether (sulfide) groups is 1. The number of carbonyl (C=O) groups excluding carboxylic acids is 2. The third kappa shape index (κ3) is 5.67. The number of halogens is 1. The minimum Gasteiger partial charge on any atom is -0.353 e. The zero-order valence-corrected chi connectivity index (χ0v) is 21.2. The van der Waals surface area contributed by atoms with E-state index in [2.05, 4.69) is 22.0 Å². The second-order valence-corrected chi connectivity index (χ2v) is 10.0. The number of dihydropyridines is 1. The van der Waals surface area contributed by atoms with Gasteiger partial charge in [0.25, 0.3) is 5.91 Å². The minimum atomic E-state index is -0.567. The van der Waals surface area contributed by atoms with Gasteiger partial charge in [-0.2, -0.15) is 5.26 Å². The predicted octanol–water partition coefficient (Wildman–Crippen LogP) is 5.90. The minimum absolute atomic E-state index is 0.0278. The van der Waals surface area contributed by atoms with Crippen LogP contribution < -0.4 is 16.0 Å². The summed E-state index contributed by atoms with van der Waals surface area (Å²) in [6.07, 6.45) is 0. The highest BCUT2D eigenvalue weighted by atomic mass is 32.2. The number of carbonyl (C=O) groups is 2. The molecule has 36 heavy (non-hydrogen) atoms. The van der Waals surface area contributed by atoms with E-state index in [0.29, 0.717) is 33.2 Å². The van der Waals surface area contributed by atoms with E-state index < -0.39 is 5.92 Å². The predicted molar refractivity (Wildman–Crippen MR) is 143 cm³/mol. The lowest BCUT2D eigenvalue weighted by atomic mass is 9.86. The highest BCUT2D eigenvalue weighted by molar-refractivity contribution is 8.03. The number of anilines is 2. The molecule has 1 unspecified atom stereocenters. The van der Waals surface area contributed by atoms with Crippen LogP contribution in [0.25, 0.3) is 0 Å². The first-order valence-electron chi connectivity index (χ1n) is 11.1. The molecule has 1 aliphatic rings. The molecule has 6 nitrogen and oxygen atoms in total. The molecule has 2 heterocycles. The van der Waals surface area contributed by atoms with E-state index in [1.54, 1.807) is 6.92 Å². The maximum Gasteiger partial charge on any atom is 0.254 e. The van der Waals surface area contributed by atoms with Gasteiger partial charge in [0.15, 0.2) is 0 Å². The van der Waals surface area contributed by atoms with Crippen molar-refractivity contribution in [1.82, 2.24) is 5.32 Å². The number of nitrogens with zero attached hydrogens (tertiary/aromatic N) is 1. The van der Waals surface area contributed by atoms with Gasteiger partial charge in [0, 0.05) is 27.5 Å². The number of thiophene rings is 1. The fourth-order valence-corrected chi connectivity index (χ4v) is 5.57. The summed E-state index contributed by atoms with van der Waals surface area (Å²) in [4.78, 5) is 26.8. The molecule has 0 saturated heterocycles. The molecule has 1 aromatic heterocycles. The molecule has 0 radical (unpaired) electrons. The van der Waals surface area contributed by atoms with Crippen LogP contribution in [0.4, 0.5) is 15.8 Å². The van der Waals surface area contributed by atoms with Gasteiger partial charge in [-0.25, -0.2) is 4.39 Å². The van der Waals surface area contributed by atoms with E-state index in [9.17, 15) is 19.2 Å². The molecule has 2 amide bonds. The number of allylic oxidation sites excluding steroid dienone is 2. The number of para-hydroxylation sites is 1. The Balaban J connectivity index is 1.58. The zero-order valence-electron chi connectivity index (χ0n) is 19.6. The molecule has 0 spiro atoms. The van der Waals surface area contributed by atoms with Crippen molar-refractivity contribution in [1.29, 1.82) is 5.26 Å². The van der Waals surface area contributed by atoms with Crippen molar-refractivity contribution in [2.45, 2.75) is 19.8 Å². The molecular formula is C27H23FN4O2S2. The van der Waals surface area contributed by atoms with Crippen LogP contribution in [-0.4, -0.2) is 17.6 Å². The van der Waals surface area contributed by atoms with E-state index in [4.69, 9.17) is 0 Å². The van der Waals surface area contributed by atoms with E-state index in [-0.39, 0.29) is 23.4 Å². The highest BCUT2D eigenvalue weighted by Crippen LogP contribution is 2.42. The van der Waals surface area contributed by atoms with Gasteiger partial charge in [-0.05, 0) is 61.2 Å². The quantitative estimate of drug-likeness (QED) is 0.362. The Morgan fingerprint density at radius 2 is 1.83 bits per heavy atom. The van der Waals surface area contributed by atoms with Crippen molar-refractivity contribution in [3.63, 3.8) is 0 Å². The number of benzene rings is 2. The van der Waals surface area contributed by atoms with Gasteiger partial charge in [0.05, 0.1) is 28.3 Å². The van der Waals surface area contributed by atoms with Gasteiger partial charge in [0.2, 0.25) is 5.91 Å². The Morgan fingerprint density at radius 1 is 1.08 bits per heavy atom. The van der Waals surface area contributed by atoms with Gasteiger partial charge >= 0.3 is 0 Å². The Kier molecular flexibility index (Phi) is 7.88. The van der Waals surface area contributed by atoms with Crippen LogP contribution in [0.2, 0.25) is 0 Å². The smallest absolute Gasteiger partial charge is 0.254 e. The van der Waals surface area contributed by atoms with E-state index >= 15 is 0 Å². The summed E-state index contributed by atoms with van der Waals surface area (Å²) in [6.45, 7) is 3.71. The first-order valence-corrected chi connectivity index (χ1v) is 12.9. The first kappa shape index (κ1) is 25.2. The maximum atomic E-state index is 13.5. The van der Waals surface area contributed by atoms with Crippen molar-refractivity contribution in [2.24, 2.45) is 0 Å². The number of aryl methyl sites for hydroxylation is 1. The Bertz CT molecular complexity index is 1390. The summed E-state index contributed by atoms with van der Waals surface area (Å²) in [7, 11) is 0. The van der Waals surface area contributed by atoms with Crippen molar-refractivity contribution in [3.05, 3.63) is 104 Å². The summed E-state index contributed by atoms with van der Waals surface area (Å²) in [5.74, 6) is -1.51. The monoisotopic (exact) mass is 518 g/mol. The molecule has 3 N–H and O–H groups in total. The van der Waals surface area contributed by atoms with Crippen LogP contribution in [0.5, 0.6) is 0 Å². The standard InChI is InChI=1S/C27H23FN4O2S2/c1-16-6-3-4-7-21(16)32-26(34)24-17(2)30-27(20(14-29)25(24)22-8-5-13-35-22)36-15-23(33)31-19-11-9-18(28)10-12-19/h3-13,25,30H,15H2,1-2H3,(H,31,33)(H,32,34). The van der Waals surface area contributed by atoms with Crippen LogP contribution >= 0.6 is 23.1 Å². The molecule has 0 aliphatic carbocycles. The second kappa shape index (κ2) is 11.2. The van der Waals surface area contributed by atoms with Crippen LogP contribution in [-0.2, 0) is 9.59 Å². The molecule has 1 atom stereocenters. The second-order valence-electron chi connectivity index (χ2n) is 8.08. The zero-order chi connectivity index (χ0) is 25.7. The summed E-state index contributed by atoms with van der Waals surface area (Å²) in [5.41, 5.74) is 3.55. The van der Waals surface area contributed by atoms with Crippen molar-refractivity contribution < 1.29 is 14.0 Å². The van der Waals surface area contributed by atoms with Crippen molar-refractivity contribution in [2.75, 3.05) is 16.4 Å². The summed E-state index contributed by atoms with van der Waals surface area (Å²) < 4.78 is 13.1. The number of hydrogen-bond acceptors (Lipinski definition) is 6. The molecule has 9 heteroatoms. The molecule has 182 valence electrons. The molecule has 2 aromatic carbocycles. The summed E-state index contributed by atoms with van der Waals surface area (Å²) >= 11 is 2.65. The van der Waals surface area contributed by atoms with Crippen LogP contribution in [0.1, 0.15) is 23.3 Å². The normalized spacial score (nSPS) is 15.2. The number of rotatable bonds is 7. The lowest BCUT2D eigenvalue weighted by Gasteiger charge is -2.29. The van der Waals surface area contributed by atoms with Gasteiger partial charge in [-0.1, -0.05) is 36.0 Å². The lowest BCUT2D eigenvalue weighted by molar-refractivity contribution is -0.114. The molecule has 0 bridgehead atoms. The largest absolute Gasteiger partial charge is 0.353 e. The third-order valence-corrected chi connectivity index (χ3v) is 7.54. The van der Waals surface area contributed by atoms with E-state index in [0.717, 1.165) is 10.4 Å².